The molecule has 12 nitrogen and oxygen atoms in total. The van der Waals surface area contributed by atoms with Gasteiger partial charge in [0.25, 0.3) is 0 Å². The van der Waals surface area contributed by atoms with E-state index < -0.39 is 40.5 Å². The number of aldehydes is 1. The van der Waals surface area contributed by atoms with Crippen LogP contribution in [-0.2, 0) is 30.8 Å². The van der Waals surface area contributed by atoms with Gasteiger partial charge in [-0.25, -0.2) is 13.1 Å². The Kier molecular flexibility index (Phi) is 9.04. The monoisotopic (exact) mass is 507 g/mol. The van der Waals surface area contributed by atoms with E-state index in [0.29, 0.717) is 57.3 Å². The molecule has 192 valence electrons. The molecule has 1 aromatic rings. The summed E-state index contributed by atoms with van der Waals surface area (Å²) in [5.74, 6) is -0.991. The molecule has 0 saturated carbocycles. The number of benzene rings is 1. The van der Waals surface area contributed by atoms with Gasteiger partial charge in [-0.15, -0.1) is 0 Å². The zero-order chi connectivity index (χ0) is 25.4. The fourth-order valence-electron chi connectivity index (χ4n) is 4.35. The van der Waals surface area contributed by atoms with Crippen LogP contribution < -0.4 is 26.8 Å². The number of likely N-dealkylation sites (tertiary alicyclic amines) is 1. The number of para-hydroxylation sites is 1. The summed E-state index contributed by atoms with van der Waals surface area (Å²) in [4.78, 5) is 42.3. The highest BCUT2D eigenvalue weighted by atomic mass is 32.2. The molecular weight excluding hydrogens is 474 g/mol. The number of nitrogens with zero attached hydrogens (tertiary/aromatic N) is 2. The van der Waals surface area contributed by atoms with Crippen LogP contribution in [0.25, 0.3) is 0 Å². The number of sulfonamides is 1. The van der Waals surface area contributed by atoms with E-state index >= 15 is 0 Å². The quantitative estimate of drug-likeness (QED) is 0.110. The van der Waals surface area contributed by atoms with Gasteiger partial charge in [-0.05, 0) is 50.2 Å². The second kappa shape index (κ2) is 12.0. The second-order valence-corrected chi connectivity index (χ2v) is 10.3. The van der Waals surface area contributed by atoms with Gasteiger partial charge in [0.15, 0.2) is 5.96 Å². The highest BCUT2D eigenvalue weighted by Gasteiger charge is 2.35. The minimum absolute atomic E-state index is 0.0455. The molecule has 0 bridgehead atoms. The van der Waals surface area contributed by atoms with Crippen molar-refractivity contribution in [3.63, 3.8) is 0 Å². The van der Waals surface area contributed by atoms with Gasteiger partial charge < -0.3 is 31.8 Å². The average molecular weight is 508 g/mol. The largest absolute Gasteiger partial charge is 0.384 e. The number of carbonyl (C=O) groups excluding carboxylic acids is 3. The maximum absolute atomic E-state index is 12.9. The molecule has 0 aliphatic carbocycles. The van der Waals surface area contributed by atoms with E-state index in [-0.39, 0.29) is 10.9 Å². The summed E-state index contributed by atoms with van der Waals surface area (Å²) < 4.78 is 28.2. The summed E-state index contributed by atoms with van der Waals surface area (Å²) in [7, 11) is -3.94. The van der Waals surface area contributed by atoms with Crippen LogP contribution in [0, 0.1) is 0 Å². The maximum Gasteiger partial charge on any atom is 0.243 e. The number of nitrogens with two attached hydrogens (primary N) is 2. The molecule has 35 heavy (non-hydrogen) atoms. The van der Waals surface area contributed by atoms with E-state index in [1.165, 1.54) is 11.0 Å². The van der Waals surface area contributed by atoms with Gasteiger partial charge in [-0.1, -0.05) is 12.1 Å². The average Bonchev–Trinajstić information content (AvgIpc) is 3.34. The summed E-state index contributed by atoms with van der Waals surface area (Å²) in [6, 6.07) is 3.57. The lowest BCUT2D eigenvalue weighted by molar-refractivity contribution is -0.138. The number of guanidine groups is 1. The second-order valence-electron chi connectivity index (χ2n) is 8.59. The van der Waals surface area contributed by atoms with Crippen molar-refractivity contribution < 1.29 is 22.8 Å². The SMILES string of the molecule is NC(N)=NCCC[C@@H](C=O)NC(=O)[C@@H]1CCCN1C(=O)CNS(=O)(=O)c1cccc2c1NCCC2. The lowest BCUT2D eigenvalue weighted by atomic mass is 10.0. The number of aliphatic imine (C=N–C) groups is 1. The number of aryl methyl sites for hydroxylation is 1. The number of rotatable bonds is 11. The number of anilines is 1. The van der Waals surface area contributed by atoms with Gasteiger partial charge in [0.1, 0.15) is 17.2 Å². The van der Waals surface area contributed by atoms with Crippen LogP contribution in [0.3, 0.4) is 0 Å². The highest BCUT2D eigenvalue weighted by Crippen LogP contribution is 2.29. The standard InChI is InChI=1S/C22H33N7O5S/c23-22(24)26-11-3-7-16(14-30)28-21(32)17-8-4-12-29(17)19(31)13-27-35(33,34)18-9-1-5-15-6-2-10-25-20(15)18/h1,5,9,14,16-17,25,27H,2-4,6-8,10-13H2,(H,28,32)(H4,23,24,26)/t16-,17-/m0/s1. The first-order valence-electron chi connectivity index (χ1n) is 11.7. The summed E-state index contributed by atoms with van der Waals surface area (Å²) in [6.07, 6.45) is 4.21. The molecule has 0 aromatic heterocycles. The molecule has 13 heteroatoms. The maximum atomic E-state index is 12.9. The molecule has 2 heterocycles. The molecule has 7 N–H and O–H groups in total. The van der Waals surface area contributed by atoms with Crippen molar-refractivity contribution in [1.29, 1.82) is 0 Å². The Morgan fingerprint density at radius 2 is 2.09 bits per heavy atom. The number of fused-ring (bicyclic) bond motifs is 1. The number of hydrogen-bond donors (Lipinski definition) is 5. The molecule has 3 rings (SSSR count). The Balaban J connectivity index is 1.57. The van der Waals surface area contributed by atoms with Gasteiger partial charge in [-0.2, -0.15) is 0 Å². The molecule has 2 aliphatic rings. The van der Waals surface area contributed by atoms with Crippen LogP contribution in [0.2, 0.25) is 0 Å². The Labute approximate surface area is 204 Å². The summed E-state index contributed by atoms with van der Waals surface area (Å²) in [6.45, 7) is 0.874. The first-order valence-corrected chi connectivity index (χ1v) is 13.2. The van der Waals surface area contributed by atoms with Crippen LogP contribution in [-0.4, -0.2) is 75.6 Å². The summed E-state index contributed by atoms with van der Waals surface area (Å²) in [5, 5.41) is 5.79. The van der Waals surface area contributed by atoms with E-state index in [1.54, 1.807) is 6.07 Å². The first kappa shape index (κ1) is 26.4. The Bertz CT molecular complexity index is 1070. The lowest BCUT2D eigenvalue weighted by Crippen LogP contribution is -2.51. The topological polar surface area (TPSA) is 189 Å². The van der Waals surface area contributed by atoms with Crippen LogP contribution in [0.1, 0.15) is 37.7 Å². The van der Waals surface area contributed by atoms with Crippen molar-refractivity contribution in [2.75, 3.05) is 31.5 Å². The number of hydrogen-bond acceptors (Lipinski definition) is 7. The van der Waals surface area contributed by atoms with Gasteiger partial charge in [0, 0.05) is 19.6 Å². The Morgan fingerprint density at radius 3 is 2.83 bits per heavy atom. The minimum atomic E-state index is -3.94. The first-order chi connectivity index (χ1) is 16.7. The van der Waals surface area contributed by atoms with Crippen molar-refractivity contribution in [1.82, 2.24) is 14.9 Å². The third kappa shape index (κ3) is 6.92. The van der Waals surface area contributed by atoms with Crippen molar-refractivity contribution in [3.05, 3.63) is 23.8 Å². The van der Waals surface area contributed by atoms with E-state index in [9.17, 15) is 22.8 Å². The van der Waals surface area contributed by atoms with Crippen LogP contribution >= 0.6 is 0 Å². The predicted molar refractivity (Wildman–Crippen MR) is 131 cm³/mol. The van der Waals surface area contributed by atoms with Crippen LogP contribution in [0.15, 0.2) is 28.1 Å². The molecule has 1 saturated heterocycles. The van der Waals surface area contributed by atoms with Crippen molar-refractivity contribution in [3.8, 4) is 0 Å². The molecule has 2 atom stereocenters. The molecular formula is C22H33N7O5S. The molecule has 0 unspecified atom stereocenters. The van der Waals surface area contributed by atoms with Gasteiger partial charge in [0.2, 0.25) is 21.8 Å². The third-order valence-electron chi connectivity index (χ3n) is 6.08. The van der Waals surface area contributed by atoms with Crippen molar-refractivity contribution >= 4 is 39.8 Å². The van der Waals surface area contributed by atoms with E-state index in [2.05, 4.69) is 20.3 Å². The molecule has 1 aromatic carbocycles. The van der Waals surface area contributed by atoms with Crippen molar-refractivity contribution in [2.45, 2.75) is 55.5 Å². The van der Waals surface area contributed by atoms with Crippen LogP contribution in [0.5, 0.6) is 0 Å². The normalized spacial score (nSPS) is 18.2. The van der Waals surface area contributed by atoms with Gasteiger partial charge in [0.05, 0.1) is 18.3 Å². The van der Waals surface area contributed by atoms with Gasteiger partial charge >= 0.3 is 0 Å². The third-order valence-corrected chi connectivity index (χ3v) is 7.52. The smallest absolute Gasteiger partial charge is 0.243 e. The Morgan fingerprint density at radius 1 is 1.29 bits per heavy atom. The van der Waals surface area contributed by atoms with E-state index in [1.807, 2.05) is 6.07 Å². The van der Waals surface area contributed by atoms with E-state index in [4.69, 9.17) is 11.5 Å². The van der Waals surface area contributed by atoms with Crippen molar-refractivity contribution in [2.24, 2.45) is 16.5 Å². The number of nitrogens with one attached hydrogen (secondary N) is 3. The lowest BCUT2D eigenvalue weighted by Gasteiger charge is -2.26. The molecule has 0 spiro atoms. The fourth-order valence-corrected chi connectivity index (χ4v) is 5.55. The zero-order valence-electron chi connectivity index (χ0n) is 19.5. The molecule has 2 amide bonds. The Hall–Kier alpha value is -3.19. The summed E-state index contributed by atoms with van der Waals surface area (Å²) >= 11 is 0. The number of carbonyl (C=O) groups is 3. The van der Waals surface area contributed by atoms with E-state index in [0.717, 1.165) is 18.4 Å². The molecule has 0 radical (unpaired) electrons. The fraction of sp³-hybridized carbons (Fsp3) is 0.545. The van der Waals surface area contributed by atoms with Crippen LogP contribution in [0.4, 0.5) is 5.69 Å². The van der Waals surface area contributed by atoms with Gasteiger partial charge in [-0.3, -0.25) is 14.6 Å². The predicted octanol–water partition coefficient (Wildman–Crippen LogP) is -0.949. The minimum Gasteiger partial charge on any atom is -0.384 e. The molecule has 1 fully saturated rings. The zero-order valence-corrected chi connectivity index (χ0v) is 20.4. The molecule has 2 aliphatic heterocycles. The number of amides is 2. The highest BCUT2D eigenvalue weighted by molar-refractivity contribution is 7.89. The summed E-state index contributed by atoms with van der Waals surface area (Å²) in [5.41, 5.74) is 12.0.